The highest BCUT2D eigenvalue weighted by Crippen LogP contribution is 2.50. The summed E-state index contributed by atoms with van der Waals surface area (Å²) in [6.07, 6.45) is 6.87. The minimum absolute atomic E-state index is 0.614. The fourth-order valence-corrected chi connectivity index (χ4v) is 9.70. The first-order chi connectivity index (χ1) is 23.8. The molecule has 2 aliphatic heterocycles. The molecule has 0 atom stereocenters. The van der Waals surface area contributed by atoms with Gasteiger partial charge in [-0.05, 0) is 92.5 Å². The first-order valence-electron chi connectivity index (χ1n) is 17.4. The van der Waals surface area contributed by atoms with E-state index < -0.39 is 0 Å². The molecule has 12 rings (SSSR count). The summed E-state index contributed by atoms with van der Waals surface area (Å²) in [5.74, 6) is 3.77. The lowest BCUT2D eigenvalue weighted by Crippen LogP contribution is -2.58. The van der Waals surface area contributed by atoms with Gasteiger partial charge in [-0.1, -0.05) is 72.8 Å². The third-order valence-electron chi connectivity index (χ3n) is 11.5. The van der Waals surface area contributed by atoms with Crippen LogP contribution >= 0.6 is 0 Å². The molecule has 2 saturated heterocycles. The Labute approximate surface area is 278 Å². The van der Waals surface area contributed by atoms with Gasteiger partial charge in [-0.3, -0.25) is 9.13 Å². The Kier molecular flexibility index (Phi) is 5.54. The number of piperidine rings is 2. The average molecular weight is 623 g/mol. The van der Waals surface area contributed by atoms with Crippen LogP contribution in [0.15, 0.2) is 121 Å². The van der Waals surface area contributed by atoms with Crippen LogP contribution in [-0.2, 0) is 0 Å². The van der Waals surface area contributed by atoms with Crippen molar-refractivity contribution in [1.29, 1.82) is 0 Å². The van der Waals surface area contributed by atoms with E-state index in [1.807, 2.05) is 0 Å². The predicted octanol–water partition coefficient (Wildman–Crippen LogP) is 9.50. The zero-order valence-electron chi connectivity index (χ0n) is 26.6. The molecule has 0 amide bonds. The fourth-order valence-electron chi connectivity index (χ4n) is 9.70. The van der Waals surface area contributed by atoms with E-state index in [1.165, 1.54) is 59.3 Å². The summed E-state index contributed by atoms with van der Waals surface area (Å²) in [4.78, 5) is 18.5. The van der Waals surface area contributed by atoms with E-state index in [1.54, 1.807) is 0 Å². The summed E-state index contributed by atoms with van der Waals surface area (Å²) in [5.41, 5.74) is 6.65. The van der Waals surface area contributed by atoms with Crippen molar-refractivity contribution in [2.24, 2.45) is 11.8 Å². The van der Waals surface area contributed by atoms with Gasteiger partial charge in [-0.25, -0.2) is 0 Å². The summed E-state index contributed by atoms with van der Waals surface area (Å²) in [6, 6.07) is 44.6. The third-order valence-corrected chi connectivity index (χ3v) is 11.5. The lowest BCUT2D eigenvalue weighted by atomic mass is 9.63. The van der Waals surface area contributed by atoms with Gasteiger partial charge in [0.05, 0.1) is 22.1 Å². The molecular weight excluding hydrogens is 589 g/mol. The third kappa shape index (κ3) is 3.83. The lowest BCUT2D eigenvalue weighted by molar-refractivity contribution is 0.0900. The molecule has 8 aromatic rings. The van der Waals surface area contributed by atoms with Crippen molar-refractivity contribution in [3.8, 4) is 23.3 Å². The summed E-state index contributed by atoms with van der Waals surface area (Å²) < 4.78 is 4.39. The van der Waals surface area contributed by atoms with Crippen molar-refractivity contribution < 1.29 is 0 Å². The summed E-state index contributed by atoms with van der Waals surface area (Å²) in [6.45, 7) is 0. The number of rotatable bonds is 4. The molecule has 5 heterocycles. The molecule has 232 valence electrons. The molecule has 4 aliphatic rings. The smallest absolute Gasteiger partial charge is 0.240 e. The van der Waals surface area contributed by atoms with Crippen molar-refractivity contribution >= 4 is 49.3 Å². The maximum Gasteiger partial charge on any atom is 0.240 e. The number of para-hydroxylation sites is 4. The van der Waals surface area contributed by atoms with E-state index in [2.05, 4.69) is 135 Å². The fraction of sp³-hybridized carbons (Fsp3) is 0.214. The molecule has 2 saturated carbocycles. The quantitative estimate of drug-likeness (QED) is 0.196. The molecule has 0 radical (unpaired) electrons. The van der Waals surface area contributed by atoms with E-state index in [-0.39, 0.29) is 0 Å². The Balaban J connectivity index is 1.13. The largest absolute Gasteiger partial charge is 0.366 e. The number of hydrogen-bond donors (Lipinski definition) is 0. The van der Waals surface area contributed by atoms with Crippen molar-refractivity contribution in [2.45, 2.75) is 44.2 Å². The highest BCUT2D eigenvalue weighted by molar-refractivity contribution is 6.10. The van der Waals surface area contributed by atoms with Crippen LogP contribution in [0.3, 0.4) is 0 Å². The second-order valence-electron chi connectivity index (χ2n) is 14.2. The Morgan fingerprint density at radius 2 is 0.812 bits per heavy atom. The van der Waals surface area contributed by atoms with E-state index in [9.17, 15) is 0 Å². The van der Waals surface area contributed by atoms with E-state index in [4.69, 9.17) is 15.0 Å². The second kappa shape index (κ2) is 10.0. The first-order valence-corrected chi connectivity index (χ1v) is 17.4. The Morgan fingerprint density at radius 3 is 1.23 bits per heavy atom. The molecule has 6 heteroatoms. The predicted molar refractivity (Wildman–Crippen MR) is 194 cm³/mol. The number of fused-ring (bicyclic) bond motifs is 6. The highest BCUT2D eigenvalue weighted by Gasteiger charge is 2.46. The molecule has 0 N–H and O–H groups in total. The van der Waals surface area contributed by atoms with E-state index in [0.29, 0.717) is 29.8 Å². The minimum atomic E-state index is 0.614. The van der Waals surface area contributed by atoms with Gasteiger partial charge in [-0.15, -0.1) is 0 Å². The highest BCUT2D eigenvalue weighted by atomic mass is 15.3. The molecule has 4 bridgehead atoms. The van der Waals surface area contributed by atoms with Crippen LogP contribution in [0.4, 0.5) is 5.69 Å². The number of aromatic nitrogens is 5. The van der Waals surface area contributed by atoms with Gasteiger partial charge in [0.25, 0.3) is 0 Å². The SMILES string of the molecule is c1ccc2c(c1)c1ccccc1n2-c1nc(-c2ccc(N3C4CC5CC(C4)CC3C5)cc2)nc(-n2c3ccccc3c3ccccc32)n1. The van der Waals surface area contributed by atoms with Gasteiger partial charge in [0.15, 0.2) is 5.82 Å². The first kappa shape index (κ1) is 26.6. The Morgan fingerprint density at radius 1 is 0.417 bits per heavy atom. The average Bonchev–Trinajstić information content (AvgIpc) is 3.65. The number of hydrogen-bond acceptors (Lipinski definition) is 4. The summed E-state index contributed by atoms with van der Waals surface area (Å²) in [7, 11) is 0. The van der Waals surface area contributed by atoms with Gasteiger partial charge in [0.2, 0.25) is 11.9 Å². The van der Waals surface area contributed by atoms with Crippen LogP contribution in [0.1, 0.15) is 32.1 Å². The molecule has 0 spiro atoms. The molecule has 0 unspecified atom stereocenters. The van der Waals surface area contributed by atoms with Crippen LogP contribution in [0, 0.1) is 11.8 Å². The molecule has 4 fully saturated rings. The molecule has 3 aromatic heterocycles. The minimum Gasteiger partial charge on any atom is -0.366 e. The Hall–Kier alpha value is -5.49. The van der Waals surface area contributed by atoms with Crippen molar-refractivity contribution in [2.75, 3.05) is 4.90 Å². The van der Waals surface area contributed by atoms with Gasteiger partial charge < -0.3 is 4.90 Å². The second-order valence-corrected chi connectivity index (χ2v) is 14.2. The topological polar surface area (TPSA) is 51.8 Å². The maximum absolute atomic E-state index is 5.28. The van der Waals surface area contributed by atoms with Crippen molar-refractivity contribution in [1.82, 2.24) is 24.1 Å². The van der Waals surface area contributed by atoms with Crippen LogP contribution < -0.4 is 4.90 Å². The van der Waals surface area contributed by atoms with Gasteiger partial charge >= 0.3 is 0 Å². The van der Waals surface area contributed by atoms with Crippen molar-refractivity contribution in [3.63, 3.8) is 0 Å². The zero-order valence-corrected chi connectivity index (χ0v) is 26.6. The maximum atomic E-state index is 5.28. The molecular formula is C42H34N6. The Bertz CT molecular complexity index is 2270. The van der Waals surface area contributed by atoms with E-state index >= 15 is 0 Å². The van der Waals surface area contributed by atoms with Crippen LogP contribution in [0.25, 0.3) is 66.9 Å². The standard InChI is InChI=1S/C42H34N6/c1-5-13-36-32(9-1)33-10-2-6-14-37(33)47(36)41-43-40(28-17-19-29(20-18-28)46-30-22-26-21-27(24-30)25-31(46)23-26)44-42(45-41)48-38-15-7-3-11-34(38)35-12-4-8-16-39(35)48/h1-20,26-27,30-31H,21-25H2. The van der Waals surface area contributed by atoms with Gasteiger partial charge in [-0.2, -0.15) is 15.0 Å². The molecule has 6 nitrogen and oxygen atoms in total. The molecule has 5 aromatic carbocycles. The summed E-state index contributed by atoms with van der Waals surface area (Å²) >= 11 is 0. The van der Waals surface area contributed by atoms with Crippen LogP contribution in [0.2, 0.25) is 0 Å². The number of nitrogens with zero attached hydrogens (tertiary/aromatic N) is 6. The normalized spacial score (nSPS) is 21.7. The zero-order chi connectivity index (χ0) is 31.3. The monoisotopic (exact) mass is 622 g/mol. The molecule has 48 heavy (non-hydrogen) atoms. The van der Waals surface area contributed by atoms with Gasteiger partial charge in [0.1, 0.15) is 0 Å². The van der Waals surface area contributed by atoms with Crippen LogP contribution in [-0.4, -0.2) is 36.2 Å². The summed E-state index contributed by atoms with van der Waals surface area (Å²) in [5, 5.41) is 4.73. The number of anilines is 1. The van der Waals surface area contributed by atoms with E-state index in [0.717, 1.165) is 39.5 Å². The van der Waals surface area contributed by atoms with Gasteiger partial charge in [0, 0.05) is 44.9 Å². The lowest BCUT2D eigenvalue weighted by Gasteiger charge is -2.57. The van der Waals surface area contributed by atoms with Crippen molar-refractivity contribution in [3.05, 3.63) is 121 Å². The molecule has 2 aliphatic carbocycles. The number of benzene rings is 5. The van der Waals surface area contributed by atoms with Crippen LogP contribution in [0.5, 0.6) is 0 Å².